The zero-order chi connectivity index (χ0) is 20.9. The number of carbonyl (C=O) groups is 1. The summed E-state index contributed by atoms with van der Waals surface area (Å²) in [5.41, 5.74) is 0.816. The molecule has 1 atom stereocenters. The summed E-state index contributed by atoms with van der Waals surface area (Å²) in [6.07, 6.45) is 0.411. The van der Waals surface area contributed by atoms with E-state index in [-0.39, 0.29) is 30.0 Å². The predicted molar refractivity (Wildman–Crippen MR) is 128 cm³/mol. The van der Waals surface area contributed by atoms with E-state index in [0.29, 0.717) is 43.1 Å². The first-order chi connectivity index (χ1) is 13.4. The zero-order valence-electron chi connectivity index (χ0n) is 18.2. The molecule has 0 aliphatic rings. The van der Waals surface area contributed by atoms with Gasteiger partial charge in [0.15, 0.2) is 17.5 Å². The highest BCUT2D eigenvalue weighted by atomic mass is 127. The molecule has 1 aromatic rings. The number of alkyl carbamates (subject to hydrolysis) is 1. The van der Waals surface area contributed by atoms with Gasteiger partial charge in [-0.3, -0.25) is 4.99 Å². The van der Waals surface area contributed by atoms with Crippen LogP contribution < -0.4 is 25.4 Å². The average Bonchev–Trinajstić information content (AvgIpc) is 2.65. The number of anilines is 1. The summed E-state index contributed by atoms with van der Waals surface area (Å²) in [5.74, 6) is 2.35. The first-order valence-electron chi connectivity index (χ1n) is 9.65. The summed E-state index contributed by atoms with van der Waals surface area (Å²) in [6.45, 7) is 9.34. The number of methoxy groups -OCH3 is 1. The fourth-order valence-corrected chi connectivity index (χ4v) is 2.66. The second kappa shape index (κ2) is 15.0. The summed E-state index contributed by atoms with van der Waals surface area (Å²) in [4.78, 5) is 16.0. The number of nitrogens with one attached hydrogen (secondary N) is 3. The number of ether oxygens (including phenoxy) is 3. The first kappa shape index (κ1) is 27.1. The molecule has 0 fully saturated rings. The third kappa shape index (κ3) is 10.4. The normalized spacial score (nSPS) is 11.9. The van der Waals surface area contributed by atoms with Gasteiger partial charge in [-0.1, -0.05) is 13.8 Å². The number of hydrogen-bond acceptors (Lipinski definition) is 5. The van der Waals surface area contributed by atoms with Crippen LogP contribution in [0.5, 0.6) is 11.5 Å². The van der Waals surface area contributed by atoms with E-state index in [1.54, 1.807) is 21.1 Å². The Balaban J connectivity index is 0.00000784. The van der Waals surface area contributed by atoms with Crippen molar-refractivity contribution in [3.05, 3.63) is 18.2 Å². The number of aliphatic imine (C=N–C) groups is 1. The molecule has 0 saturated carbocycles. The van der Waals surface area contributed by atoms with E-state index in [2.05, 4.69) is 34.8 Å². The van der Waals surface area contributed by atoms with Crippen LogP contribution in [0.25, 0.3) is 0 Å². The molecule has 8 nitrogen and oxygen atoms in total. The van der Waals surface area contributed by atoms with Crippen LogP contribution in [0.1, 0.15) is 34.1 Å². The van der Waals surface area contributed by atoms with E-state index in [9.17, 15) is 4.79 Å². The minimum atomic E-state index is -0.408. The van der Waals surface area contributed by atoms with Crippen LogP contribution in [-0.2, 0) is 4.74 Å². The number of nitrogens with zero attached hydrogens (tertiary/aromatic N) is 1. The topological polar surface area (TPSA) is 93.2 Å². The van der Waals surface area contributed by atoms with Crippen LogP contribution in [0.2, 0.25) is 0 Å². The molecule has 0 bridgehead atoms. The molecular weight excluding hydrogens is 487 g/mol. The summed E-state index contributed by atoms with van der Waals surface area (Å²) in [6, 6.07) is 5.51. The second-order valence-electron chi connectivity index (χ2n) is 6.57. The summed E-state index contributed by atoms with van der Waals surface area (Å²) in [7, 11) is 3.30. The molecule has 166 valence electrons. The Morgan fingerprint density at radius 3 is 2.45 bits per heavy atom. The standard InChI is InChI=1S/C20H34N4O4.HI/c1-7-27-18-12-15(9-10-17(18)26-6)23-19(21-5)22-13-16(11-14(3)4)24-20(25)28-8-2;/h9-10,12,14,16H,7-8,11,13H2,1-6H3,(H,24,25)(H2,21,22,23);1H. The highest BCUT2D eigenvalue weighted by Crippen LogP contribution is 2.30. The van der Waals surface area contributed by atoms with Crippen LogP contribution in [0.4, 0.5) is 10.5 Å². The molecule has 0 aliphatic carbocycles. The van der Waals surface area contributed by atoms with Gasteiger partial charge in [-0.05, 0) is 38.3 Å². The van der Waals surface area contributed by atoms with Crippen molar-refractivity contribution in [2.75, 3.05) is 39.2 Å². The maximum atomic E-state index is 11.8. The lowest BCUT2D eigenvalue weighted by Gasteiger charge is -2.22. The number of carbonyl (C=O) groups excluding carboxylic acids is 1. The number of amides is 1. The van der Waals surface area contributed by atoms with E-state index < -0.39 is 6.09 Å². The van der Waals surface area contributed by atoms with Crippen molar-refractivity contribution in [3.8, 4) is 11.5 Å². The SMILES string of the molecule is CCOC(=O)NC(CNC(=NC)Nc1ccc(OC)c(OCC)c1)CC(C)C.I. The third-order valence-electron chi connectivity index (χ3n) is 3.82. The van der Waals surface area contributed by atoms with Gasteiger partial charge < -0.3 is 30.2 Å². The molecule has 3 N–H and O–H groups in total. The molecule has 0 aliphatic heterocycles. The molecule has 1 rings (SSSR count). The van der Waals surface area contributed by atoms with Gasteiger partial charge in [0, 0.05) is 31.4 Å². The molecule has 0 heterocycles. The molecular formula is C20H35IN4O4. The summed E-state index contributed by atoms with van der Waals surface area (Å²) >= 11 is 0. The largest absolute Gasteiger partial charge is 0.493 e. The zero-order valence-corrected chi connectivity index (χ0v) is 20.5. The average molecular weight is 522 g/mol. The Labute approximate surface area is 191 Å². The van der Waals surface area contributed by atoms with Crippen molar-refractivity contribution in [1.29, 1.82) is 0 Å². The van der Waals surface area contributed by atoms with Crippen LogP contribution in [0.3, 0.4) is 0 Å². The number of hydrogen-bond donors (Lipinski definition) is 3. The maximum Gasteiger partial charge on any atom is 0.407 e. The van der Waals surface area contributed by atoms with E-state index in [0.717, 1.165) is 12.1 Å². The van der Waals surface area contributed by atoms with Crippen molar-refractivity contribution in [1.82, 2.24) is 10.6 Å². The Hall–Kier alpha value is -1.91. The Morgan fingerprint density at radius 2 is 1.90 bits per heavy atom. The van der Waals surface area contributed by atoms with Crippen molar-refractivity contribution >= 4 is 41.7 Å². The number of benzene rings is 1. The predicted octanol–water partition coefficient (Wildman–Crippen LogP) is 3.86. The minimum Gasteiger partial charge on any atom is -0.493 e. The van der Waals surface area contributed by atoms with Gasteiger partial charge in [0.05, 0.1) is 20.3 Å². The third-order valence-corrected chi connectivity index (χ3v) is 3.82. The van der Waals surface area contributed by atoms with Crippen LogP contribution in [0, 0.1) is 5.92 Å². The molecule has 0 spiro atoms. The van der Waals surface area contributed by atoms with Gasteiger partial charge in [-0.2, -0.15) is 0 Å². The smallest absolute Gasteiger partial charge is 0.407 e. The lowest BCUT2D eigenvalue weighted by Crippen LogP contribution is -2.46. The Morgan fingerprint density at radius 1 is 1.17 bits per heavy atom. The van der Waals surface area contributed by atoms with Gasteiger partial charge in [0.25, 0.3) is 0 Å². The summed E-state index contributed by atoms with van der Waals surface area (Å²) in [5, 5.41) is 9.36. The van der Waals surface area contributed by atoms with Crippen molar-refractivity contribution < 1.29 is 19.0 Å². The Kier molecular flexibility index (Phi) is 14.0. The van der Waals surface area contributed by atoms with Crippen LogP contribution >= 0.6 is 24.0 Å². The molecule has 9 heteroatoms. The fraction of sp³-hybridized carbons (Fsp3) is 0.600. The van der Waals surface area contributed by atoms with Crippen molar-refractivity contribution in [2.24, 2.45) is 10.9 Å². The molecule has 29 heavy (non-hydrogen) atoms. The van der Waals surface area contributed by atoms with Gasteiger partial charge in [-0.25, -0.2) is 4.79 Å². The summed E-state index contributed by atoms with van der Waals surface area (Å²) < 4.78 is 15.9. The van der Waals surface area contributed by atoms with E-state index in [4.69, 9.17) is 14.2 Å². The van der Waals surface area contributed by atoms with Crippen LogP contribution in [0.15, 0.2) is 23.2 Å². The maximum absolute atomic E-state index is 11.8. The highest BCUT2D eigenvalue weighted by Gasteiger charge is 2.15. The minimum absolute atomic E-state index is 0. The van der Waals surface area contributed by atoms with E-state index in [1.807, 2.05) is 25.1 Å². The second-order valence-corrected chi connectivity index (χ2v) is 6.57. The van der Waals surface area contributed by atoms with Gasteiger partial charge in [0.1, 0.15) is 0 Å². The van der Waals surface area contributed by atoms with Crippen molar-refractivity contribution in [3.63, 3.8) is 0 Å². The highest BCUT2D eigenvalue weighted by molar-refractivity contribution is 14.0. The molecule has 1 aromatic carbocycles. The number of guanidine groups is 1. The number of halogens is 1. The lowest BCUT2D eigenvalue weighted by atomic mass is 10.0. The van der Waals surface area contributed by atoms with Gasteiger partial charge in [0.2, 0.25) is 0 Å². The monoisotopic (exact) mass is 522 g/mol. The van der Waals surface area contributed by atoms with Crippen LogP contribution in [-0.4, -0.2) is 52.0 Å². The first-order valence-corrected chi connectivity index (χ1v) is 9.65. The molecule has 0 aromatic heterocycles. The van der Waals surface area contributed by atoms with Gasteiger partial charge in [-0.15, -0.1) is 24.0 Å². The fourth-order valence-electron chi connectivity index (χ4n) is 2.66. The van der Waals surface area contributed by atoms with Gasteiger partial charge >= 0.3 is 6.09 Å². The van der Waals surface area contributed by atoms with E-state index >= 15 is 0 Å². The van der Waals surface area contributed by atoms with Crippen molar-refractivity contribution in [2.45, 2.75) is 40.2 Å². The lowest BCUT2D eigenvalue weighted by molar-refractivity contribution is 0.146. The molecule has 1 amide bonds. The molecule has 1 unspecified atom stereocenters. The number of rotatable bonds is 10. The van der Waals surface area contributed by atoms with E-state index in [1.165, 1.54) is 0 Å². The quantitative estimate of drug-likeness (QED) is 0.246. The Bertz CT molecular complexity index is 641. The molecule has 0 saturated heterocycles. The molecule has 0 radical (unpaired) electrons.